The van der Waals surface area contributed by atoms with E-state index in [2.05, 4.69) is 5.43 Å². The molecule has 0 saturated carbocycles. The molecule has 0 heterocycles. The molecule has 6 heteroatoms. The number of rotatable bonds is 5. The predicted molar refractivity (Wildman–Crippen MR) is 58.0 cm³/mol. The van der Waals surface area contributed by atoms with Crippen LogP contribution in [0.1, 0.15) is 18.6 Å². The summed E-state index contributed by atoms with van der Waals surface area (Å²) >= 11 is 0. The number of aliphatic hydroxyl groups is 1. The zero-order valence-electron chi connectivity index (χ0n) is 8.80. The van der Waals surface area contributed by atoms with E-state index in [0.717, 1.165) is 0 Å². The molecule has 5 N–H and O–H groups in total. The Balaban J connectivity index is 3.14. The molecule has 1 aromatic rings. The molecule has 16 heavy (non-hydrogen) atoms. The molecule has 0 aliphatic carbocycles. The van der Waals surface area contributed by atoms with Crippen molar-refractivity contribution < 1.29 is 19.7 Å². The van der Waals surface area contributed by atoms with Crippen LogP contribution < -0.4 is 16.0 Å². The highest BCUT2D eigenvalue weighted by Gasteiger charge is 2.20. The van der Waals surface area contributed by atoms with Gasteiger partial charge in [-0.25, -0.2) is 4.79 Å². The van der Waals surface area contributed by atoms with E-state index in [4.69, 9.17) is 15.7 Å². The van der Waals surface area contributed by atoms with Crippen LogP contribution in [0.3, 0.4) is 0 Å². The first-order valence-corrected chi connectivity index (χ1v) is 4.74. The van der Waals surface area contributed by atoms with Gasteiger partial charge in [0, 0.05) is 11.3 Å². The second-order valence-corrected chi connectivity index (χ2v) is 3.07. The van der Waals surface area contributed by atoms with Crippen LogP contribution in [0.4, 0.5) is 5.69 Å². The number of hydrazine groups is 1. The standard InChI is InChI=1S/C10H14N2O4/c1-2-16-8-4-3-6(12-11)5-7(8)9(13)10(14)15/h3-5,9,12-13H,2,11H2,1H3,(H,14,15). The minimum absolute atomic E-state index is 0.171. The number of carboxylic acid groups (broad SMARTS) is 1. The van der Waals surface area contributed by atoms with Crippen LogP contribution in [-0.2, 0) is 4.79 Å². The Morgan fingerprint density at radius 1 is 1.62 bits per heavy atom. The second-order valence-electron chi connectivity index (χ2n) is 3.07. The quantitative estimate of drug-likeness (QED) is 0.430. The molecular weight excluding hydrogens is 212 g/mol. The Kier molecular flexibility index (Phi) is 4.10. The molecule has 88 valence electrons. The molecule has 0 aliphatic heterocycles. The summed E-state index contributed by atoms with van der Waals surface area (Å²) in [6, 6.07) is 4.62. The zero-order valence-corrected chi connectivity index (χ0v) is 8.80. The number of hydrogen-bond donors (Lipinski definition) is 4. The lowest BCUT2D eigenvalue weighted by Crippen LogP contribution is -2.14. The van der Waals surface area contributed by atoms with Gasteiger partial charge in [-0.2, -0.15) is 0 Å². The average Bonchev–Trinajstić information content (AvgIpc) is 2.29. The summed E-state index contributed by atoms with van der Waals surface area (Å²) in [5.74, 6) is 4.19. The molecule has 0 bridgehead atoms. The monoisotopic (exact) mass is 226 g/mol. The van der Waals surface area contributed by atoms with Crippen molar-refractivity contribution in [1.82, 2.24) is 0 Å². The van der Waals surface area contributed by atoms with Gasteiger partial charge in [0.05, 0.1) is 6.61 Å². The maximum absolute atomic E-state index is 10.7. The van der Waals surface area contributed by atoms with E-state index < -0.39 is 12.1 Å². The molecule has 1 atom stereocenters. The number of aliphatic hydroxyl groups excluding tert-OH is 1. The van der Waals surface area contributed by atoms with Gasteiger partial charge in [0.15, 0.2) is 6.10 Å². The topological polar surface area (TPSA) is 105 Å². The third-order valence-corrected chi connectivity index (χ3v) is 2.00. The average molecular weight is 226 g/mol. The van der Waals surface area contributed by atoms with Crippen molar-refractivity contribution in [2.75, 3.05) is 12.0 Å². The number of benzene rings is 1. The van der Waals surface area contributed by atoms with Gasteiger partial charge in [-0.15, -0.1) is 0 Å². The van der Waals surface area contributed by atoms with Crippen molar-refractivity contribution in [3.63, 3.8) is 0 Å². The minimum atomic E-state index is -1.63. The molecule has 0 amide bonds. The van der Waals surface area contributed by atoms with E-state index >= 15 is 0 Å². The molecule has 0 radical (unpaired) electrons. The molecule has 6 nitrogen and oxygen atoms in total. The first-order chi connectivity index (χ1) is 7.60. The first-order valence-electron chi connectivity index (χ1n) is 4.74. The Morgan fingerprint density at radius 2 is 2.31 bits per heavy atom. The molecule has 0 aromatic heterocycles. The normalized spacial score (nSPS) is 11.9. The van der Waals surface area contributed by atoms with Gasteiger partial charge in [-0.3, -0.25) is 5.84 Å². The van der Waals surface area contributed by atoms with E-state index in [1.165, 1.54) is 6.07 Å². The van der Waals surface area contributed by atoms with Crippen LogP contribution >= 0.6 is 0 Å². The highest BCUT2D eigenvalue weighted by atomic mass is 16.5. The lowest BCUT2D eigenvalue weighted by atomic mass is 10.1. The van der Waals surface area contributed by atoms with Gasteiger partial charge < -0.3 is 20.4 Å². The summed E-state index contributed by atoms with van der Waals surface area (Å²) in [7, 11) is 0. The number of nitrogens with two attached hydrogens (primary N) is 1. The van der Waals surface area contributed by atoms with Crippen LogP contribution in [0.15, 0.2) is 18.2 Å². The number of ether oxygens (including phenoxy) is 1. The number of aliphatic carboxylic acids is 1. The van der Waals surface area contributed by atoms with Crippen molar-refractivity contribution >= 4 is 11.7 Å². The van der Waals surface area contributed by atoms with Crippen LogP contribution in [-0.4, -0.2) is 22.8 Å². The third-order valence-electron chi connectivity index (χ3n) is 2.00. The van der Waals surface area contributed by atoms with Gasteiger partial charge in [0.1, 0.15) is 5.75 Å². The van der Waals surface area contributed by atoms with Crippen molar-refractivity contribution in [2.24, 2.45) is 5.84 Å². The number of carboxylic acids is 1. The molecular formula is C10H14N2O4. The summed E-state index contributed by atoms with van der Waals surface area (Å²) in [6.07, 6.45) is -1.63. The van der Waals surface area contributed by atoms with Gasteiger partial charge in [0.2, 0.25) is 0 Å². The summed E-state index contributed by atoms with van der Waals surface area (Å²) in [5.41, 5.74) is 3.04. The zero-order chi connectivity index (χ0) is 12.1. The number of carbonyl (C=O) groups is 1. The second kappa shape index (κ2) is 5.34. The Hall–Kier alpha value is -1.79. The predicted octanol–water partition coefficient (Wildman–Crippen LogP) is 0.489. The SMILES string of the molecule is CCOc1ccc(NN)cc1C(O)C(=O)O. The number of nitrogen functional groups attached to an aromatic ring is 1. The molecule has 1 rings (SSSR count). The van der Waals surface area contributed by atoms with Crippen LogP contribution in [0.5, 0.6) is 5.75 Å². The van der Waals surface area contributed by atoms with E-state index in [9.17, 15) is 9.90 Å². The molecule has 1 unspecified atom stereocenters. The van der Waals surface area contributed by atoms with Gasteiger partial charge in [-0.05, 0) is 25.1 Å². The van der Waals surface area contributed by atoms with Crippen molar-refractivity contribution in [1.29, 1.82) is 0 Å². The van der Waals surface area contributed by atoms with Crippen molar-refractivity contribution in [3.8, 4) is 5.75 Å². The molecule has 0 fully saturated rings. The smallest absolute Gasteiger partial charge is 0.337 e. The van der Waals surface area contributed by atoms with Crippen LogP contribution in [0, 0.1) is 0 Å². The van der Waals surface area contributed by atoms with E-state index in [1.807, 2.05) is 0 Å². The Labute approximate surface area is 92.6 Å². The molecule has 0 saturated heterocycles. The number of hydrogen-bond acceptors (Lipinski definition) is 5. The van der Waals surface area contributed by atoms with Crippen molar-refractivity contribution in [2.45, 2.75) is 13.0 Å². The van der Waals surface area contributed by atoms with Gasteiger partial charge in [-0.1, -0.05) is 0 Å². The number of nitrogens with one attached hydrogen (secondary N) is 1. The summed E-state index contributed by atoms with van der Waals surface area (Å²) in [4.78, 5) is 10.7. The summed E-state index contributed by atoms with van der Waals surface area (Å²) < 4.78 is 5.22. The largest absolute Gasteiger partial charge is 0.493 e. The summed E-state index contributed by atoms with van der Waals surface area (Å²) in [6.45, 7) is 2.15. The fourth-order valence-corrected chi connectivity index (χ4v) is 1.27. The first kappa shape index (κ1) is 12.3. The lowest BCUT2D eigenvalue weighted by molar-refractivity contribution is -0.147. The minimum Gasteiger partial charge on any atom is -0.493 e. The number of anilines is 1. The Bertz CT molecular complexity index is 381. The lowest BCUT2D eigenvalue weighted by Gasteiger charge is -2.14. The van der Waals surface area contributed by atoms with Gasteiger partial charge in [0.25, 0.3) is 0 Å². The van der Waals surface area contributed by atoms with Crippen LogP contribution in [0.2, 0.25) is 0 Å². The van der Waals surface area contributed by atoms with Gasteiger partial charge >= 0.3 is 5.97 Å². The fourth-order valence-electron chi connectivity index (χ4n) is 1.27. The third kappa shape index (κ3) is 2.62. The maximum Gasteiger partial charge on any atom is 0.337 e. The maximum atomic E-state index is 10.7. The molecule has 0 spiro atoms. The molecule has 1 aromatic carbocycles. The highest BCUT2D eigenvalue weighted by molar-refractivity contribution is 5.76. The van der Waals surface area contributed by atoms with E-state index in [-0.39, 0.29) is 5.56 Å². The van der Waals surface area contributed by atoms with Crippen LogP contribution in [0.25, 0.3) is 0 Å². The Morgan fingerprint density at radius 3 is 2.81 bits per heavy atom. The summed E-state index contributed by atoms with van der Waals surface area (Å²) in [5, 5.41) is 18.2. The highest BCUT2D eigenvalue weighted by Crippen LogP contribution is 2.28. The van der Waals surface area contributed by atoms with E-state index in [0.29, 0.717) is 18.0 Å². The fraction of sp³-hybridized carbons (Fsp3) is 0.300. The van der Waals surface area contributed by atoms with Crippen molar-refractivity contribution in [3.05, 3.63) is 23.8 Å². The molecule has 0 aliphatic rings. The van der Waals surface area contributed by atoms with E-state index in [1.54, 1.807) is 19.1 Å².